The highest BCUT2D eigenvalue weighted by atomic mass is 16.5. The Balaban J connectivity index is 1.57. The van der Waals surface area contributed by atoms with Crippen LogP contribution < -0.4 is 10.6 Å². The minimum absolute atomic E-state index is 0.0312. The largest absolute Gasteiger partial charge is 0.378 e. The Morgan fingerprint density at radius 2 is 2.00 bits per heavy atom. The molecule has 4 heteroatoms. The van der Waals surface area contributed by atoms with Gasteiger partial charge in [-0.2, -0.15) is 0 Å². The highest BCUT2D eigenvalue weighted by Gasteiger charge is 2.57. The van der Waals surface area contributed by atoms with Crippen molar-refractivity contribution in [2.75, 3.05) is 6.61 Å². The zero-order valence-electron chi connectivity index (χ0n) is 11.2. The van der Waals surface area contributed by atoms with Crippen molar-refractivity contribution in [3.8, 4) is 0 Å². The maximum atomic E-state index is 11.8. The molecule has 102 valence electrons. The Morgan fingerprint density at radius 1 is 1.28 bits per heavy atom. The molecule has 2 N–H and O–H groups in total. The van der Waals surface area contributed by atoms with Crippen LogP contribution in [0.1, 0.15) is 51.9 Å². The van der Waals surface area contributed by atoms with Crippen molar-refractivity contribution in [2.45, 2.75) is 70.1 Å². The molecule has 0 aliphatic heterocycles. The minimum Gasteiger partial charge on any atom is -0.378 e. The molecule has 3 rings (SSSR count). The molecule has 0 aromatic rings. The normalized spacial score (nSPS) is 33.2. The Hall–Kier alpha value is -0.770. The van der Waals surface area contributed by atoms with Gasteiger partial charge in [-0.05, 0) is 39.0 Å². The standard InChI is InChI=1S/C14H24N2O2/c1-2-18-12-9-11(14(12)7-3-4-8-14)16-13(17)15-10-5-6-10/h10-12H,2-9H2,1H3,(H2,15,16,17)/t11-,12+/m1/s1. The van der Waals surface area contributed by atoms with Crippen molar-refractivity contribution in [3.05, 3.63) is 0 Å². The molecule has 2 atom stereocenters. The van der Waals surface area contributed by atoms with Gasteiger partial charge < -0.3 is 15.4 Å². The van der Waals surface area contributed by atoms with Crippen molar-refractivity contribution in [2.24, 2.45) is 5.41 Å². The second kappa shape index (κ2) is 4.72. The number of urea groups is 1. The monoisotopic (exact) mass is 252 g/mol. The zero-order chi connectivity index (χ0) is 12.6. The first-order chi connectivity index (χ1) is 8.74. The van der Waals surface area contributed by atoms with Crippen LogP contribution in [-0.2, 0) is 4.74 Å². The first-order valence-corrected chi connectivity index (χ1v) is 7.43. The molecule has 3 fully saturated rings. The molecule has 3 aliphatic carbocycles. The Kier molecular flexibility index (Phi) is 3.22. The van der Waals surface area contributed by atoms with E-state index in [4.69, 9.17) is 4.74 Å². The molecule has 0 saturated heterocycles. The summed E-state index contributed by atoms with van der Waals surface area (Å²) in [6.45, 7) is 2.84. The summed E-state index contributed by atoms with van der Waals surface area (Å²) < 4.78 is 5.85. The number of hydrogen-bond donors (Lipinski definition) is 2. The Morgan fingerprint density at radius 3 is 2.61 bits per heavy atom. The lowest BCUT2D eigenvalue weighted by Gasteiger charge is -2.53. The predicted octanol–water partition coefficient (Wildman–Crippen LogP) is 2.19. The van der Waals surface area contributed by atoms with E-state index in [0.717, 1.165) is 25.9 Å². The van der Waals surface area contributed by atoms with E-state index >= 15 is 0 Å². The van der Waals surface area contributed by atoms with E-state index < -0.39 is 0 Å². The van der Waals surface area contributed by atoms with Crippen LogP contribution >= 0.6 is 0 Å². The molecule has 0 unspecified atom stereocenters. The van der Waals surface area contributed by atoms with E-state index in [0.29, 0.717) is 18.2 Å². The molecule has 0 aromatic carbocycles. The van der Waals surface area contributed by atoms with Crippen LogP contribution in [0.4, 0.5) is 4.79 Å². The maximum absolute atomic E-state index is 11.8. The third-order valence-electron chi connectivity index (χ3n) is 4.91. The fraction of sp³-hybridized carbons (Fsp3) is 0.929. The van der Waals surface area contributed by atoms with E-state index in [9.17, 15) is 4.79 Å². The van der Waals surface area contributed by atoms with Crippen molar-refractivity contribution in [3.63, 3.8) is 0 Å². The smallest absolute Gasteiger partial charge is 0.315 e. The first-order valence-electron chi connectivity index (χ1n) is 7.43. The minimum atomic E-state index is 0.0312. The summed E-state index contributed by atoms with van der Waals surface area (Å²) in [6.07, 6.45) is 8.65. The SMILES string of the molecule is CCO[C@H]1C[C@@H](NC(=O)NC2CC2)C12CCCC2. The van der Waals surface area contributed by atoms with Gasteiger partial charge in [-0.1, -0.05) is 12.8 Å². The number of ether oxygens (including phenoxy) is 1. The molecule has 2 amide bonds. The molecular formula is C14H24N2O2. The molecule has 0 aromatic heterocycles. The summed E-state index contributed by atoms with van der Waals surface area (Å²) in [5.74, 6) is 0. The van der Waals surface area contributed by atoms with Gasteiger partial charge >= 0.3 is 6.03 Å². The third-order valence-corrected chi connectivity index (χ3v) is 4.91. The summed E-state index contributed by atoms with van der Waals surface area (Å²) in [4.78, 5) is 11.8. The van der Waals surface area contributed by atoms with Crippen molar-refractivity contribution in [1.82, 2.24) is 10.6 Å². The summed E-state index contributed by atoms with van der Waals surface area (Å²) >= 11 is 0. The second-order valence-electron chi connectivity index (χ2n) is 6.06. The van der Waals surface area contributed by atoms with Crippen LogP contribution in [0.15, 0.2) is 0 Å². The third kappa shape index (κ3) is 2.11. The molecule has 3 aliphatic rings. The number of amides is 2. The van der Waals surface area contributed by atoms with Crippen molar-refractivity contribution in [1.29, 1.82) is 0 Å². The molecule has 18 heavy (non-hydrogen) atoms. The lowest BCUT2D eigenvalue weighted by Crippen LogP contribution is -2.64. The summed E-state index contributed by atoms with van der Waals surface area (Å²) in [7, 11) is 0. The number of carbonyl (C=O) groups is 1. The van der Waals surface area contributed by atoms with E-state index in [1.807, 2.05) is 0 Å². The summed E-state index contributed by atoms with van der Waals surface area (Å²) in [5.41, 5.74) is 0.247. The number of rotatable bonds is 4. The van der Waals surface area contributed by atoms with Gasteiger partial charge in [0.25, 0.3) is 0 Å². The molecule has 4 nitrogen and oxygen atoms in total. The number of nitrogens with one attached hydrogen (secondary N) is 2. The highest BCUT2D eigenvalue weighted by Crippen LogP contribution is 2.54. The van der Waals surface area contributed by atoms with Crippen LogP contribution in [0.25, 0.3) is 0 Å². The van der Waals surface area contributed by atoms with Crippen LogP contribution in [0.5, 0.6) is 0 Å². The van der Waals surface area contributed by atoms with E-state index in [2.05, 4.69) is 17.6 Å². The fourth-order valence-electron chi connectivity index (χ4n) is 3.70. The van der Waals surface area contributed by atoms with Crippen LogP contribution in [0, 0.1) is 5.41 Å². The average molecular weight is 252 g/mol. The number of hydrogen-bond acceptors (Lipinski definition) is 2. The van der Waals surface area contributed by atoms with Gasteiger partial charge in [-0.15, -0.1) is 0 Å². The molecule has 1 spiro atoms. The van der Waals surface area contributed by atoms with Crippen LogP contribution in [-0.4, -0.2) is 30.8 Å². The van der Waals surface area contributed by atoms with E-state index in [-0.39, 0.29) is 11.4 Å². The van der Waals surface area contributed by atoms with Gasteiger partial charge in [0, 0.05) is 24.1 Å². The van der Waals surface area contributed by atoms with Gasteiger partial charge in [-0.3, -0.25) is 0 Å². The van der Waals surface area contributed by atoms with Gasteiger partial charge in [-0.25, -0.2) is 4.79 Å². The molecule has 0 bridgehead atoms. The zero-order valence-corrected chi connectivity index (χ0v) is 11.2. The molecule has 3 saturated carbocycles. The second-order valence-corrected chi connectivity index (χ2v) is 6.06. The summed E-state index contributed by atoms with van der Waals surface area (Å²) in [5, 5.41) is 6.19. The lowest BCUT2D eigenvalue weighted by molar-refractivity contribution is -0.126. The fourth-order valence-corrected chi connectivity index (χ4v) is 3.70. The van der Waals surface area contributed by atoms with E-state index in [1.54, 1.807) is 0 Å². The predicted molar refractivity (Wildman–Crippen MR) is 69.4 cm³/mol. The topological polar surface area (TPSA) is 50.4 Å². The Labute approximate surface area is 109 Å². The van der Waals surface area contributed by atoms with Gasteiger partial charge in [0.05, 0.1) is 6.10 Å². The van der Waals surface area contributed by atoms with E-state index in [1.165, 1.54) is 25.7 Å². The maximum Gasteiger partial charge on any atom is 0.315 e. The van der Waals surface area contributed by atoms with Gasteiger partial charge in [0.15, 0.2) is 0 Å². The quantitative estimate of drug-likeness (QED) is 0.805. The summed E-state index contributed by atoms with van der Waals surface area (Å²) in [6, 6.07) is 0.798. The average Bonchev–Trinajstić information content (AvgIpc) is 2.98. The molecule has 0 radical (unpaired) electrons. The van der Waals surface area contributed by atoms with Gasteiger partial charge in [0.2, 0.25) is 0 Å². The van der Waals surface area contributed by atoms with Crippen LogP contribution in [0.2, 0.25) is 0 Å². The Bertz CT molecular complexity index is 322. The molecule has 0 heterocycles. The lowest BCUT2D eigenvalue weighted by atomic mass is 9.60. The van der Waals surface area contributed by atoms with Gasteiger partial charge in [0.1, 0.15) is 0 Å². The molecular weight excluding hydrogens is 228 g/mol. The van der Waals surface area contributed by atoms with Crippen LogP contribution in [0.3, 0.4) is 0 Å². The first kappa shape index (κ1) is 12.3. The van der Waals surface area contributed by atoms with Crippen molar-refractivity contribution >= 4 is 6.03 Å². The highest BCUT2D eigenvalue weighted by molar-refractivity contribution is 5.75. The van der Waals surface area contributed by atoms with Crippen molar-refractivity contribution < 1.29 is 9.53 Å². The number of carbonyl (C=O) groups excluding carboxylic acids is 1.